The van der Waals surface area contributed by atoms with Gasteiger partial charge in [0.1, 0.15) is 5.75 Å². The van der Waals surface area contributed by atoms with E-state index in [0.29, 0.717) is 27.2 Å². The number of anilines is 1. The number of rotatable bonds is 2. The van der Waals surface area contributed by atoms with E-state index in [1.165, 1.54) is 5.56 Å². The van der Waals surface area contributed by atoms with Crippen molar-refractivity contribution in [1.82, 2.24) is 0 Å². The standard InChI is InChI=1S/C16H17Cl2NO/c1-16(2,3)10-5-4-6-12(7-10)20-15-13(17)8-11(19)9-14(15)18/h4-9H,19H2,1-3H3. The zero-order valence-electron chi connectivity index (χ0n) is 11.7. The van der Waals surface area contributed by atoms with Crippen LogP contribution in [0.4, 0.5) is 5.69 Å². The lowest BCUT2D eigenvalue weighted by atomic mass is 9.87. The Bertz CT molecular complexity index is 610. The Hall–Kier alpha value is -1.38. The Morgan fingerprint density at radius 3 is 2.15 bits per heavy atom. The van der Waals surface area contributed by atoms with Gasteiger partial charge in [0.05, 0.1) is 10.0 Å². The molecule has 0 unspecified atom stereocenters. The predicted octanol–water partition coefficient (Wildman–Crippen LogP) is 5.67. The van der Waals surface area contributed by atoms with Gasteiger partial charge in [-0.05, 0) is 35.2 Å². The molecule has 2 N–H and O–H groups in total. The van der Waals surface area contributed by atoms with Crippen molar-refractivity contribution in [2.45, 2.75) is 26.2 Å². The molecule has 0 heterocycles. The molecule has 20 heavy (non-hydrogen) atoms. The molecule has 0 atom stereocenters. The van der Waals surface area contributed by atoms with Crippen molar-refractivity contribution >= 4 is 28.9 Å². The van der Waals surface area contributed by atoms with Gasteiger partial charge >= 0.3 is 0 Å². The SMILES string of the molecule is CC(C)(C)c1cccc(Oc2c(Cl)cc(N)cc2Cl)c1. The Balaban J connectivity index is 2.36. The second kappa shape index (κ2) is 5.55. The lowest BCUT2D eigenvalue weighted by Gasteiger charge is -2.20. The smallest absolute Gasteiger partial charge is 0.164 e. The summed E-state index contributed by atoms with van der Waals surface area (Å²) in [7, 11) is 0. The number of ether oxygens (including phenoxy) is 1. The second-order valence-electron chi connectivity index (χ2n) is 5.69. The first-order valence-electron chi connectivity index (χ1n) is 6.30. The van der Waals surface area contributed by atoms with E-state index in [9.17, 15) is 0 Å². The molecule has 0 saturated heterocycles. The van der Waals surface area contributed by atoms with Crippen molar-refractivity contribution < 1.29 is 4.74 Å². The highest BCUT2D eigenvalue weighted by Gasteiger charge is 2.15. The molecular weight excluding hydrogens is 293 g/mol. The van der Waals surface area contributed by atoms with E-state index < -0.39 is 0 Å². The van der Waals surface area contributed by atoms with Gasteiger partial charge in [0, 0.05) is 5.69 Å². The van der Waals surface area contributed by atoms with Crippen LogP contribution in [0.25, 0.3) is 0 Å². The lowest BCUT2D eigenvalue weighted by Crippen LogP contribution is -2.10. The lowest BCUT2D eigenvalue weighted by molar-refractivity contribution is 0.479. The number of hydrogen-bond donors (Lipinski definition) is 1. The summed E-state index contributed by atoms with van der Waals surface area (Å²) in [5.74, 6) is 1.12. The molecular formula is C16H17Cl2NO. The third-order valence-corrected chi connectivity index (χ3v) is 3.50. The van der Waals surface area contributed by atoms with Crippen molar-refractivity contribution in [3.05, 3.63) is 52.0 Å². The first-order valence-corrected chi connectivity index (χ1v) is 7.06. The normalized spacial score (nSPS) is 11.4. The first-order chi connectivity index (χ1) is 9.27. The van der Waals surface area contributed by atoms with Crippen molar-refractivity contribution in [3.63, 3.8) is 0 Å². The number of hydrogen-bond acceptors (Lipinski definition) is 2. The van der Waals surface area contributed by atoms with Gasteiger partial charge in [-0.3, -0.25) is 0 Å². The summed E-state index contributed by atoms with van der Waals surface area (Å²) in [4.78, 5) is 0. The molecule has 0 bridgehead atoms. The van der Waals surface area contributed by atoms with Crippen LogP contribution < -0.4 is 10.5 Å². The fourth-order valence-corrected chi connectivity index (χ4v) is 2.40. The van der Waals surface area contributed by atoms with Gasteiger partial charge in [-0.25, -0.2) is 0 Å². The van der Waals surface area contributed by atoms with E-state index in [4.69, 9.17) is 33.7 Å². The Labute approximate surface area is 129 Å². The average molecular weight is 310 g/mol. The maximum atomic E-state index is 6.12. The van der Waals surface area contributed by atoms with Crippen LogP contribution >= 0.6 is 23.2 Å². The van der Waals surface area contributed by atoms with E-state index in [1.54, 1.807) is 12.1 Å². The number of nitrogens with two attached hydrogens (primary N) is 1. The van der Waals surface area contributed by atoms with Gasteiger partial charge in [-0.1, -0.05) is 56.1 Å². The highest BCUT2D eigenvalue weighted by atomic mass is 35.5. The maximum Gasteiger partial charge on any atom is 0.164 e. The van der Waals surface area contributed by atoms with Crippen LogP contribution in [0.1, 0.15) is 26.3 Å². The Morgan fingerprint density at radius 2 is 1.60 bits per heavy atom. The summed E-state index contributed by atoms with van der Waals surface area (Å²) in [5.41, 5.74) is 7.42. The fourth-order valence-electron chi connectivity index (χ4n) is 1.82. The highest BCUT2D eigenvalue weighted by molar-refractivity contribution is 6.37. The van der Waals surface area contributed by atoms with Crippen molar-refractivity contribution in [1.29, 1.82) is 0 Å². The van der Waals surface area contributed by atoms with Crippen molar-refractivity contribution in [2.75, 3.05) is 5.73 Å². The van der Waals surface area contributed by atoms with E-state index in [1.807, 2.05) is 18.2 Å². The quantitative estimate of drug-likeness (QED) is 0.726. The summed E-state index contributed by atoms with van der Waals surface area (Å²) in [6.07, 6.45) is 0. The van der Waals surface area contributed by atoms with Gasteiger partial charge in [0.15, 0.2) is 5.75 Å². The molecule has 0 aliphatic rings. The maximum absolute atomic E-state index is 6.12. The highest BCUT2D eigenvalue weighted by Crippen LogP contribution is 2.38. The summed E-state index contributed by atoms with van der Waals surface area (Å²) in [5, 5.41) is 0.798. The van der Waals surface area contributed by atoms with Crippen molar-refractivity contribution in [2.24, 2.45) is 0 Å². The summed E-state index contributed by atoms with van der Waals surface area (Å²) in [6, 6.07) is 11.1. The topological polar surface area (TPSA) is 35.2 Å². The minimum atomic E-state index is 0.0497. The first kappa shape index (κ1) is 15.0. The molecule has 0 aromatic heterocycles. The molecule has 0 aliphatic heterocycles. The van der Waals surface area contributed by atoms with E-state index in [2.05, 4.69) is 26.8 Å². The molecule has 0 radical (unpaired) electrons. The number of benzene rings is 2. The second-order valence-corrected chi connectivity index (χ2v) is 6.51. The van der Waals surface area contributed by atoms with Crippen LogP contribution in [0.3, 0.4) is 0 Å². The van der Waals surface area contributed by atoms with Gasteiger partial charge in [-0.2, -0.15) is 0 Å². The molecule has 2 rings (SSSR count). The summed E-state index contributed by atoms with van der Waals surface area (Å²) >= 11 is 12.2. The van der Waals surface area contributed by atoms with E-state index in [0.717, 1.165) is 0 Å². The predicted molar refractivity (Wildman–Crippen MR) is 86.1 cm³/mol. The van der Waals surface area contributed by atoms with Crippen LogP contribution in [-0.2, 0) is 5.41 Å². The molecule has 0 saturated carbocycles. The van der Waals surface area contributed by atoms with Crippen LogP contribution in [0, 0.1) is 0 Å². The minimum absolute atomic E-state index is 0.0497. The molecule has 106 valence electrons. The van der Waals surface area contributed by atoms with E-state index in [-0.39, 0.29) is 5.41 Å². The molecule has 0 amide bonds. The molecule has 0 fully saturated rings. The summed E-state index contributed by atoms with van der Waals surface area (Å²) in [6.45, 7) is 6.44. The average Bonchev–Trinajstić information content (AvgIpc) is 2.33. The number of nitrogen functional groups attached to an aromatic ring is 1. The third kappa shape index (κ3) is 3.38. The fraction of sp³-hybridized carbons (Fsp3) is 0.250. The molecule has 0 spiro atoms. The van der Waals surface area contributed by atoms with E-state index >= 15 is 0 Å². The monoisotopic (exact) mass is 309 g/mol. The van der Waals surface area contributed by atoms with Crippen LogP contribution in [0.5, 0.6) is 11.5 Å². The van der Waals surface area contributed by atoms with Crippen molar-refractivity contribution in [3.8, 4) is 11.5 Å². The van der Waals surface area contributed by atoms with Crippen LogP contribution in [-0.4, -0.2) is 0 Å². The van der Waals surface area contributed by atoms with Crippen LogP contribution in [0.2, 0.25) is 10.0 Å². The zero-order chi connectivity index (χ0) is 14.9. The third-order valence-electron chi connectivity index (χ3n) is 2.94. The molecule has 2 aromatic carbocycles. The minimum Gasteiger partial charge on any atom is -0.454 e. The largest absolute Gasteiger partial charge is 0.454 e. The van der Waals surface area contributed by atoms with Gasteiger partial charge < -0.3 is 10.5 Å². The number of halogens is 2. The van der Waals surface area contributed by atoms with Gasteiger partial charge in [0.25, 0.3) is 0 Å². The van der Waals surface area contributed by atoms with Gasteiger partial charge in [-0.15, -0.1) is 0 Å². The molecule has 4 heteroatoms. The zero-order valence-corrected chi connectivity index (χ0v) is 13.2. The van der Waals surface area contributed by atoms with Crippen LogP contribution in [0.15, 0.2) is 36.4 Å². The molecule has 2 aromatic rings. The molecule has 2 nitrogen and oxygen atoms in total. The summed E-state index contributed by atoms with van der Waals surface area (Å²) < 4.78 is 5.81. The Kier molecular flexibility index (Phi) is 4.17. The molecule has 0 aliphatic carbocycles. The van der Waals surface area contributed by atoms with Gasteiger partial charge in [0.2, 0.25) is 0 Å². The Morgan fingerprint density at radius 1 is 1.00 bits per heavy atom.